The maximum Gasteiger partial charge on any atom is 0.338 e. The predicted octanol–water partition coefficient (Wildman–Crippen LogP) is 4.00. The molecular weight excluding hydrogens is 340 g/mol. The number of carbonyl (C=O) groups is 2. The molecule has 1 N–H and O–H groups in total. The Kier molecular flexibility index (Phi) is 4.42. The lowest BCUT2D eigenvalue weighted by Crippen LogP contribution is -2.33. The van der Waals surface area contributed by atoms with Crippen molar-refractivity contribution in [3.05, 3.63) is 95.3 Å². The molecule has 0 saturated carbocycles. The molecule has 27 heavy (non-hydrogen) atoms. The average Bonchev–Trinajstić information content (AvgIpc) is 2.73. The number of rotatable bonds is 3. The first-order chi connectivity index (χ1) is 13.2. The van der Waals surface area contributed by atoms with Crippen molar-refractivity contribution < 1.29 is 14.3 Å². The van der Waals surface area contributed by atoms with E-state index in [2.05, 4.69) is 10.3 Å². The third-order valence-electron chi connectivity index (χ3n) is 4.81. The number of nitrogens with one attached hydrogen (secondary N) is 1. The Hall–Kier alpha value is -3.47. The van der Waals surface area contributed by atoms with Gasteiger partial charge in [0.2, 0.25) is 0 Å². The Bertz CT molecular complexity index is 987. The predicted molar refractivity (Wildman–Crippen MR) is 102 cm³/mol. The molecule has 0 radical (unpaired) electrons. The Morgan fingerprint density at radius 2 is 1.78 bits per heavy atom. The van der Waals surface area contributed by atoms with E-state index in [1.165, 1.54) is 7.11 Å². The first-order valence-corrected chi connectivity index (χ1v) is 8.68. The van der Waals surface area contributed by atoms with E-state index in [-0.39, 0.29) is 17.4 Å². The van der Waals surface area contributed by atoms with Crippen molar-refractivity contribution >= 4 is 17.4 Å². The highest BCUT2D eigenvalue weighted by Crippen LogP contribution is 2.42. The molecule has 5 heteroatoms. The second-order valence-corrected chi connectivity index (χ2v) is 6.35. The Balaban J connectivity index is 1.90. The van der Waals surface area contributed by atoms with Crippen LogP contribution < -0.4 is 5.32 Å². The summed E-state index contributed by atoms with van der Waals surface area (Å²) in [6.07, 6.45) is 1.71. The number of ether oxygens (including phenoxy) is 1. The number of benzene rings is 2. The second-order valence-electron chi connectivity index (χ2n) is 6.35. The van der Waals surface area contributed by atoms with E-state index < -0.39 is 11.9 Å². The van der Waals surface area contributed by atoms with Crippen LogP contribution in [0.1, 0.15) is 43.9 Å². The number of hydrogen-bond donors (Lipinski definition) is 1. The van der Waals surface area contributed by atoms with Gasteiger partial charge in [-0.1, -0.05) is 42.5 Å². The fourth-order valence-corrected chi connectivity index (χ4v) is 3.58. The highest BCUT2D eigenvalue weighted by Gasteiger charge is 2.40. The minimum Gasteiger partial charge on any atom is -0.465 e. The minimum absolute atomic E-state index is 0.119. The lowest BCUT2D eigenvalue weighted by Gasteiger charge is -2.34. The molecule has 1 aliphatic rings. The van der Waals surface area contributed by atoms with Gasteiger partial charge in [-0.15, -0.1) is 0 Å². The van der Waals surface area contributed by atoms with E-state index in [4.69, 9.17) is 4.74 Å². The number of pyridine rings is 1. The van der Waals surface area contributed by atoms with Gasteiger partial charge < -0.3 is 10.1 Å². The Morgan fingerprint density at radius 3 is 2.48 bits per heavy atom. The maximum absolute atomic E-state index is 13.6. The van der Waals surface area contributed by atoms with Crippen LogP contribution in [-0.2, 0) is 4.74 Å². The van der Waals surface area contributed by atoms with Crippen molar-refractivity contribution in [1.29, 1.82) is 0 Å². The molecule has 3 aromatic rings. The van der Waals surface area contributed by atoms with Crippen LogP contribution in [0.2, 0.25) is 0 Å². The number of methoxy groups -OCH3 is 1. The molecule has 2 atom stereocenters. The van der Waals surface area contributed by atoms with Crippen molar-refractivity contribution in [1.82, 2.24) is 4.98 Å². The van der Waals surface area contributed by atoms with Crippen LogP contribution in [-0.4, -0.2) is 23.8 Å². The monoisotopic (exact) mass is 358 g/mol. The summed E-state index contributed by atoms with van der Waals surface area (Å²) in [4.78, 5) is 30.2. The van der Waals surface area contributed by atoms with Crippen LogP contribution in [0, 0.1) is 0 Å². The number of ketones is 1. The van der Waals surface area contributed by atoms with Gasteiger partial charge in [0, 0.05) is 11.9 Å². The van der Waals surface area contributed by atoms with Gasteiger partial charge in [-0.25, -0.2) is 4.79 Å². The molecule has 0 aliphatic carbocycles. The molecule has 0 spiro atoms. The normalized spacial score (nSPS) is 18.3. The third kappa shape index (κ3) is 2.97. The van der Waals surface area contributed by atoms with E-state index in [0.29, 0.717) is 11.3 Å². The average molecular weight is 358 g/mol. The number of anilines is 1. The van der Waals surface area contributed by atoms with Crippen LogP contribution >= 0.6 is 0 Å². The van der Waals surface area contributed by atoms with Crippen molar-refractivity contribution in [3.63, 3.8) is 0 Å². The van der Waals surface area contributed by atoms with Gasteiger partial charge in [-0.3, -0.25) is 9.78 Å². The van der Waals surface area contributed by atoms with Gasteiger partial charge in [-0.2, -0.15) is 0 Å². The number of fused-ring (bicyclic) bond motifs is 1. The van der Waals surface area contributed by atoms with Gasteiger partial charge in [0.15, 0.2) is 5.78 Å². The van der Waals surface area contributed by atoms with E-state index in [9.17, 15) is 9.59 Å². The first-order valence-electron chi connectivity index (χ1n) is 8.68. The summed E-state index contributed by atoms with van der Waals surface area (Å²) in [5.41, 5.74) is 2.90. The summed E-state index contributed by atoms with van der Waals surface area (Å²) < 4.78 is 4.87. The number of nitrogens with zero attached hydrogens (tertiary/aromatic N) is 1. The molecule has 0 saturated heterocycles. The lowest BCUT2D eigenvalue weighted by atomic mass is 9.78. The van der Waals surface area contributed by atoms with Crippen LogP contribution in [0.25, 0.3) is 0 Å². The van der Waals surface area contributed by atoms with Gasteiger partial charge in [0.25, 0.3) is 0 Å². The topological polar surface area (TPSA) is 68.3 Å². The van der Waals surface area contributed by atoms with Crippen molar-refractivity contribution in [2.75, 3.05) is 12.4 Å². The molecule has 0 amide bonds. The lowest BCUT2D eigenvalue weighted by molar-refractivity contribution is 0.0596. The SMILES string of the molecule is COC(=O)c1cccc2c1C(=O)C(c1ccccc1)C(c1ccccn1)N2. The van der Waals surface area contributed by atoms with Crippen LogP contribution in [0.3, 0.4) is 0 Å². The van der Waals surface area contributed by atoms with Gasteiger partial charge in [-0.05, 0) is 29.8 Å². The number of hydrogen-bond acceptors (Lipinski definition) is 5. The molecule has 1 aliphatic heterocycles. The Labute approximate surface area is 157 Å². The highest BCUT2D eigenvalue weighted by atomic mass is 16.5. The van der Waals surface area contributed by atoms with Gasteiger partial charge >= 0.3 is 5.97 Å². The van der Waals surface area contributed by atoms with Gasteiger partial charge in [0.05, 0.1) is 35.9 Å². The fraction of sp³-hybridized carbons (Fsp3) is 0.136. The summed E-state index contributed by atoms with van der Waals surface area (Å²) in [5.74, 6) is -1.14. The van der Waals surface area contributed by atoms with Crippen molar-refractivity contribution in [3.8, 4) is 0 Å². The molecule has 0 fully saturated rings. The number of esters is 1. The largest absolute Gasteiger partial charge is 0.465 e. The van der Waals surface area contributed by atoms with E-state index in [1.54, 1.807) is 24.4 Å². The maximum atomic E-state index is 13.6. The quantitative estimate of drug-likeness (QED) is 0.717. The standard InChI is InChI=1S/C22H18N2O3/c1-27-22(26)15-10-7-12-16-19(15)21(25)18(14-8-3-2-4-9-14)20(24-16)17-11-5-6-13-23-17/h2-13,18,20,24H,1H3. The van der Waals surface area contributed by atoms with Crippen molar-refractivity contribution in [2.24, 2.45) is 0 Å². The highest BCUT2D eigenvalue weighted by molar-refractivity contribution is 6.14. The number of aromatic nitrogens is 1. The summed E-state index contributed by atoms with van der Waals surface area (Å²) in [5, 5.41) is 3.42. The molecule has 5 nitrogen and oxygen atoms in total. The summed E-state index contributed by atoms with van der Waals surface area (Å²) in [6.45, 7) is 0. The molecule has 2 unspecified atom stereocenters. The molecule has 4 rings (SSSR count). The fourth-order valence-electron chi connectivity index (χ4n) is 3.58. The molecule has 2 aromatic carbocycles. The van der Waals surface area contributed by atoms with Crippen LogP contribution in [0.15, 0.2) is 72.9 Å². The zero-order valence-electron chi connectivity index (χ0n) is 14.8. The summed E-state index contributed by atoms with van der Waals surface area (Å²) >= 11 is 0. The zero-order valence-corrected chi connectivity index (χ0v) is 14.8. The zero-order chi connectivity index (χ0) is 18.8. The molecular formula is C22H18N2O3. The Morgan fingerprint density at radius 1 is 1.00 bits per heavy atom. The third-order valence-corrected chi connectivity index (χ3v) is 4.81. The molecule has 0 bridgehead atoms. The molecule has 134 valence electrons. The van der Waals surface area contributed by atoms with E-state index >= 15 is 0 Å². The van der Waals surface area contributed by atoms with E-state index in [1.807, 2.05) is 48.5 Å². The molecule has 2 heterocycles. The summed E-state index contributed by atoms with van der Waals surface area (Å²) in [6, 6.07) is 20.0. The minimum atomic E-state index is -0.523. The number of Topliss-reactive ketones (excluding diaryl/α,β-unsaturated/α-hetero) is 1. The number of carbonyl (C=O) groups excluding carboxylic acids is 2. The van der Waals surface area contributed by atoms with Crippen LogP contribution in [0.5, 0.6) is 0 Å². The van der Waals surface area contributed by atoms with E-state index in [0.717, 1.165) is 11.3 Å². The van der Waals surface area contributed by atoms with Crippen molar-refractivity contribution in [2.45, 2.75) is 12.0 Å². The molecule has 1 aromatic heterocycles. The second kappa shape index (κ2) is 7.03. The van der Waals surface area contributed by atoms with Crippen LogP contribution in [0.4, 0.5) is 5.69 Å². The summed E-state index contributed by atoms with van der Waals surface area (Å²) in [7, 11) is 1.31. The smallest absolute Gasteiger partial charge is 0.338 e. The van der Waals surface area contributed by atoms with Gasteiger partial charge in [0.1, 0.15) is 0 Å². The first kappa shape index (κ1) is 17.0.